The van der Waals surface area contributed by atoms with Crippen LogP contribution in [0.4, 0.5) is 0 Å². The third kappa shape index (κ3) is 2.70. The maximum atomic E-state index is 8.84. The number of aliphatic hydroxyl groups excluding tert-OH is 1. The van der Waals surface area contributed by atoms with E-state index in [1.807, 2.05) is 12.1 Å². The quantitative estimate of drug-likeness (QED) is 0.870. The zero-order chi connectivity index (χ0) is 12.1. The first-order valence-electron chi connectivity index (χ1n) is 5.08. The molecule has 0 aliphatic heterocycles. The third-order valence-corrected chi connectivity index (χ3v) is 2.14. The van der Waals surface area contributed by atoms with Gasteiger partial charge in [0.05, 0.1) is 19.4 Å². The SMILES string of the molecule is COc1ccccc1Oc1ccc(CO)nn1. The number of hydrogen-bond donors (Lipinski definition) is 1. The molecule has 5 nitrogen and oxygen atoms in total. The molecule has 1 N–H and O–H groups in total. The fourth-order valence-corrected chi connectivity index (χ4v) is 1.30. The summed E-state index contributed by atoms with van der Waals surface area (Å²) in [5.41, 5.74) is 0.498. The topological polar surface area (TPSA) is 64.5 Å². The van der Waals surface area contributed by atoms with Crippen LogP contribution in [0.15, 0.2) is 36.4 Å². The molecule has 0 atom stereocenters. The Morgan fingerprint density at radius 1 is 1.06 bits per heavy atom. The van der Waals surface area contributed by atoms with E-state index in [-0.39, 0.29) is 6.61 Å². The Labute approximate surface area is 98.6 Å². The molecular weight excluding hydrogens is 220 g/mol. The predicted octanol–water partition coefficient (Wildman–Crippen LogP) is 1.77. The normalized spacial score (nSPS) is 10.0. The number of nitrogens with zero attached hydrogens (tertiary/aromatic N) is 2. The van der Waals surface area contributed by atoms with Crippen LogP contribution in [-0.2, 0) is 6.61 Å². The number of hydrogen-bond acceptors (Lipinski definition) is 5. The molecule has 1 aromatic carbocycles. The number of aliphatic hydroxyl groups is 1. The van der Waals surface area contributed by atoms with Crippen LogP contribution >= 0.6 is 0 Å². The summed E-state index contributed by atoms with van der Waals surface area (Å²) in [4.78, 5) is 0. The lowest BCUT2D eigenvalue weighted by Gasteiger charge is -2.08. The molecule has 0 bridgehead atoms. The third-order valence-electron chi connectivity index (χ3n) is 2.14. The van der Waals surface area contributed by atoms with Gasteiger partial charge in [-0.25, -0.2) is 0 Å². The van der Waals surface area contributed by atoms with E-state index in [1.54, 1.807) is 31.4 Å². The van der Waals surface area contributed by atoms with E-state index >= 15 is 0 Å². The van der Waals surface area contributed by atoms with Gasteiger partial charge in [0.25, 0.3) is 0 Å². The zero-order valence-electron chi connectivity index (χ0n) is 9.33. The van der Waals surface area contributed by atoms with Crippen molar-refractivity contribution in [2.45, 2.75) is 6.61 Å². The Balaban J connectivity index is 2.19. The predicted molar refractivity (Wildman–Crippen MR) is 61.0 cm³/mol. The standard InChI is InChI=1S/C12H12N2O3/c1-16-10-4-2-3-5-11(10)17-12-7-6-9(8-15)13-14-12/h2-7,15H,8H2,1H3. The molecule has 2 aromatic rings. The van der Waals surface area contributed by atoms with Crippen molar-refractivity contribution in [2.75, 3.05) is 7.11 Å². The average molecular weight is 232 g/mol. The van der Waals surface area contributed by atoms with Gasteiger partial charge in [0.1, 0.15) is 0 Å². The molecule has 0 saturated carbocycles. The van der Waals surface area contributed by atoms with Crippen molar-refractivity contribution in [1.29, 1.82) is 0 Å². The molecule has 0 unspecified atom stereocenters. The lowest BCUT2D eigenvalue weighted by Crippen LogP contribution is -1.96. The first-order chi connectivity index (χ1) is 8.33. The van der Waals surface area contributed by atoms with Crippen LogP contribution in [0.5, 0.6) is 17.4 Å². The van der Waals surface area contributed by atoms with Crippen molar-refractivity contribution < 1.29 is 14.6 Å². The van der Waals surface area contributed by atoms with Gasteiger partial charge in [-0.15, -0.1) is 10.2 Å². The van der Waals surface area contributed by atoms with E-state index in [2.05, 4.69) is 10.2 Å². The molecule has 88 valence electrons. The van der Waals surface area contributed by atoms with Gasteiger partial charge in [0.2, 0.25) is 5.88 Å². The average Bonchev–Trinajstić information content (AvgIpc) is 2.40. The second-order valence-electron chi connectivity index (χ2n) is 3.27. The van der Waals surface area contributed by atoms with Crippen LogP contribution in [0.3, 0.4) is 0 Å². The molecule has 0 fully saturated rings. The summed E-state index contributed by atoms with van der Waals surface area (Å²) in [6, 6.07) is 10.6. The lowest BCUT2D eigenvalue weighted by molar-refractivity contribution is 0.274. The zero-order valence-corrected chi connectivity index (χ0v) is 9.33. The number of para-hydroxylation sites is 2. The summed E-state index contributed by atoms with van der Waals surface area (Å²) in [6.07, 6.45) is 0. The smallest absolute Gasteiger partial charge is 0.239 e. The molecule has 0 spiro atoms. The van der Waals surface area contributed by atoms with Crippen LogP contribution in [0.1, 0.15) is 5.69 Å². The van der Waals surface area contributed by atoms with Crippen LogP contribution in [0.2, 0.25) is 0 Å². The molecule has 0 aliphatic rings. The Hall–Kier alpha value is -2.14. The summed E-state index contributed by atoms with van der Waals surface area (Å²) in [5, 5.41) is 16.5. The van der Waals surface area contributed by atoms with E-state index in [0.717, 1.165) is 0 Å². The van der Waals surface area contributed by atoms with Gasteiger partial charge in [0.15, 0.2) is 11.5 Å². The van der Waals surface area contributed by atoms with Crippen molar-refractivity contribution in [3.63, 3.8) is 0 Å². The van der Waals surface area contributed by atoms with Gasteiger partial charge >= 0.3 is 0 Å². The number of methoxy groups -OCH3 is 1. The number of ether oxygens (including phenoxy) is 2. The fraction of sp³-hybridized carbons (Fsp3) is 0.167. The Kier molecular flexibility index (Phi) is 3.52. The number of rotatable bonds is 4. The van der Waals surface area contributed by atoms with Gasteiger partial charge in [0, 0.05) is 6.07 Å². The molecule has 0 saturated heterocycles. The Bertz CT molecular complexity index is 485. The summed E-state index contributed by atoms with van der Waals surface area (Å²) in [6.45, 7) is -0.137. The highest BCUT2D eigenvalue weighted by molar-refractivity contribution is 5.41. The van der Waals surface area contributed by atoms with E-state index < -0.39 is 0 Å². The lowest BCUT2D eigenvalue weighted by atomic mass is 10.3. The molecular formula is C12H12N2O3. The minimum Gasteiger partial charge on any atom is -0.493 e. The number of aromatic nitrogens is 2. The second kappa shape index (κ2) is 5.27. The van der Waals surface area contributed by atoms with E-state index in [9.17, 15) is 0 Å². The molecule has 1 heterocycles. The van der Waals surface area contributed by atoms with Crippen molar-refractivity contribution in [3.8, 4) is 17.4 Å². The molecule has 0 amide bonds. The van der Waals surface area contributed by atoms with E-state index in [0.29, 0.717) is 23.1 Å². The molecule has 5 heteroatoms. The Morgan fingerprint density at radius 2 is 1.82 bits per heavy atom. The van der Waals surface area contributed by atoms with Crippen molar-refractivity contribution in [1.82, 2.24) is 10.2 Å². The molecule has 0 radical (unpaired) electrons. The summed E-state index contributed by atoms with van der Waals surface area (Å²) in [7, 11) is 1.57. The fourth-order valence-electron chi connectivity index (χ4n) is 1.30. The Morgan fingerprint density at radius 3 is 2.41 bits per heavy atom. The van der Waals surface area contributed by atoms with Crippen LogP contribution in [-0.4, -0.2) is 22.4 Å². The number of benzene rings is 1. The first-order valence-corrected chi connectivity index (χ1v) is 5.08. The minimum atomic E-state index is -0.137. The highest BCUT2D eigenvalue weighted by Crippen LogP contribution is 2.29. The monoisotopic (exact) mass is 232 g/mol. The maximum Gasteiger partial charge on any atom is 0.239 e. The van der Waals surface area contributed by atoms with Gasteiger partial charge in [-0.3, -0.25) is 0 Å². The van der Waals surface area contributed by atoms with Gasteiger partial charge in [-0.05, 0) is 18.2 Å². The van der Waals surface area contributed by atoms with Gasteiger partial charge in [-0.1, -0.05) is 12.1 Å². The molecule has 1 aromatic heterocycles. The largest absolute Gasteiger partial charge is 0.493 e. The van der Waals surface area contributed by atoms with Crippen molar-refractivity contribution in [3.05, 3.63) is 42.1 Å². The van der Waals surface area contributed by atoms with Gasteiger partial charge < -0.3 is 14.6 Å². The minimum absolute atomic E-state index is 0.137. The van der Waals surface area contributed by atoms with Gasteiger partial charge in [-0.2, -0.15) is 0 Å². The van der Waals surface area contributed by atoms with Crippen molar-refractivity contribution >= 4 is 0 Å². The summed E-state index contributed by atoms with van der Waals surface area (Å²) >= 11 is 0. The van der Waals surface area contributed by atoms with Crippen LogP contribution < -0.4 is 9.47 Å². The van der Waals surface area contributed by atoms with Crippen LogP contribution in [0.25, 0.3) is 0 Å². The summed E-state index contributed by atoms with van der Waals surface area (Å²) in [5.74, 6) is 1.55. The van der Waals surface area contributed by atoms with Crippen molar-refractivity contribution in [2.24, 2.45) is 0 Å². The highest BCUT2D eigenvalue weighted by atomic mass is 16.5. The second-order valence-corrected chi connectivity index (χ2v) is 3.27. The van der Waals surface area contributed by atoms with E-state index in [4.69, 9.17) is 14.6 Å². The maximum absolute atomic E-state index is 8.84. The molecule has 17 heavy (non-hydrogen) atoms. The molecule has 0 aliphatic carbocycles. The summed E-state index contributed by atoms with van der Waals surface area (Å²) < 4.78 is 10.7. The highest BCUT2D eigenvalue weighted by Gasteiger charge is 2.05. The molecule has 2 rings (SSSR count). The van der Waals surface area contributed by atoms with E-state index in [1.165, 1.54) is 0 Å². The van der Waals surface area contributed by atoms with Crippen LogP contribution in [0, 0.1) is 0 Å². The first kappa shape index (κ1) is 11.3.